The summed E-state index contributed by atoms with van der Waals surface area (Å²) in [7, 11) is 0. The van der Waals surface area contributed by atoms with E-state index in [0.29, 0.717) is 22.0 Å². The van der Waals surface area contributed by atoms with Gasteiger partial charge in [0, 0.05) is 11.2 Å². The number of halogens is 1. The molecule has 0 saturated heterocycles. The van der Waals surface area contributed by atoms with Crippen LogP contribution in [0.15, 0.2) is 62.9 Å². The van der Waals surface area contributed by atoms with Crippen molar-refractivity contribution in [2.24, 2.45) is 0 Å². The van der Waals surface area contributed by atoms with Gasteiger partial charge in [0.1, 0.15) is 12.9 Å². The second kappa shape index (κ2) is 6.97. The van der Waals surface area contributed by atoms with Crippen LogP contribution in [-0.4, -0.2) is 24.3 Å². The molecule has 0 N–H and O–H groups in total. The number of rotatable bonds is 4. The lowest BCUT2D eigenvalue weighted by Crippen LogP contribution is -2.31. The van der Waals surface area contributed by atoms with E-state index >= 15 is 0 Å². The first kappa shape index (κ1) is 17.8. The van der Waals surface area contributed by atoms with Crippen molar-refractivity contribution in [2.45, 2.75) is 31.3 Å². The standard InChI is InChI=1S/C20H16ClN5O3/c21-14-5-3-12(4-6-14)13-8-15(9-13)26-20(28)29-17(24-26)10-25-11-23-18-16(19(25)27)2-1-7-22-18/h1-7,11,13,15H,8-10H2/t13-,15-. The highest BCUT2D eigenvalue weighted by Gasteiger charge is 2.34. The number of hydrogen-bond donors (Lipinski definition) is 0. The summed E-state index contributed by atoms with van der Waals surface area (Å²) in [6.45, 7) is 0.0340. The average molecular weight is 410 g/mol. The maximum Gasteiger partial charge on any atom is 0.437 e. The molecule has 0 amide bonds. The fraction of sp³-hybridized carbons (Fsp3) is 0.250. The zero-order valence-electron chi connectivity index (χ0n) is 15.2. The third-order valence-electron chi connectivity index (χ3n) is 5.31. The number of hydrogen-bond acceptors (Lipinski definition) is 6. The summed E-state index contributed by atoms with van der Waals surface area (Å²) in [5.41, 5.74) is 1.32. The topological polar surface area (TPSA) is 95.8 Å². The molecule has 1 aromatic carbocycles. The lowest BCUT2D eigenvalue weighted by molar-refractivity contribution is 0.233. The minimum absolute atomic E-state index is 0.0173. The van der Waals surface area contributed by atoms with Crippen molar-refractivity contribution in [1.29, 1.82) is 0 Å². The molecule has 1 saturated carbocycles. The van der Waals surface area contributed by atoms with Gasteiger partial charge in [0.15, 0.2) is 5.65 Å². The molecule has 0 unspecified atom stereocenters. The first-order chi connectivity index (χ1) is 14.1. The van der Waals surface area contributed by atoms with E-state index in [1.807, 2.05) is 24.3 Å². The third-order valence-corrected chi connectivity index (χ3v) is 5.57. The van der Waals surface area contributed by atoms with E-state index in [4.69, 9.17) is 16.0 Å². The van der Waals surface area contributed by atoms with Crippen LogP contribution in [0.1, 0.15) is 36.3 Å². The van der Waals surface area contributed by atoms with Crippen LogP contribution in [0.25, 0.3) is 11.0 Å². The minimum atomic E-state index is -0.511. The minimum Gasteiger partial charge on any atom is -0.390 e. The van der Waals surface area contributed by atoms with Crippen molar-refractivity contribution < 1.29 is 4.42 Å². The van der Waals surface area contributed by atoms with Crippen LogP contribution < -0.4 is 11.3 Å². The van der Waals surface area contributed by atoms with E-state index < -0.39 is 5.76 Å². The van der Waals surface area contributed by atoms with Gasteiger partial charge in [-0.25, -0.2) is 14.8 Å². The molecule has 29 heavy (non-hydrogen) atoms. The predicted octanol–water partition coefficient (Wildman–Crippen LogP) is 2.76. The maximum absolute atomic E-state index is 12.6. The van der Waals surface area contributed by atoms with Crippen LogP contribution in [-0.2, 0) is 6.54 Å². The first-order valence-corrected chi connectivity index (χ1v) is 9.60. The molecule has 146 valence electrons. The van der Waals surface area contributed by atoms with Gasteiger partial charge in [-0.2, -0.15) is 4.68 Å². The van der Waals surface area contributed by atoms with Gasteiger partial charge in [-0.05, 0) is 48.6 Å². The van der Waals surface area contributed by atoms with E-state index in [-0.39, 0.29) is 24.0 Å². The SMILES string of the molecule is O=c1c2cccnc2ncn1Cc1nn([C@H]2C[C@H](c3ccc(Cl)cc3)C2)c(=O)o1. The molecule has 9 heteroatoms. The average Bonchev–Trinajstić information content (AvgIpc) is 3.04. The molecule has 0 radical (unpaired) electrons. The lowest BCUT2D eigenvalue weighted by Gasteiger charge is -2.34. The zero-order valence-corrected chi connectivity index (χ0v) is 16.0. The Morgan fingerprint density at radius 1 is 1.10 bits per heavy atom. The molecular formula is C20H16ClN5O3. The van der Waals surface area contributed by atoms with E-state index in [1.54, 1.807) is 18.3 Å². The quantitative estimate of drug-likeness (QED) is 0.514. The first-order valence-electron chi connectivity index (χ1n) is 9.22. The molecule has 1 fully saturated rings. The Morgan fingerprint density at radius 3 is 2.69 bits per heavy atom. The van der Waals surface area contributed by atoms with Crippen molar-refractivity contribution in [1.82, 2.24) is 24.3 Å². The molecule has 1 aliphatic carbocycles. The molecule has 4 aromatic rings. The summed E-state index contributed by atoms with van der Waals surface area (Å²) in [5, 5.41) is 5.41. The van der Waals surface area contributed by atoms with Crippen LogP contribution in [0.3, 0.4) is 0 Å². The summed E-state index contributed by atoms with van der Waals surface area (Å²) < 4.78 is 8.01. The van der Waals surface area contributed by atoms with Gasteiger partial charge < -0.3 is 4.42 Å². The molecule has 1 aliphatic rings. The monoisotopic (exact) mass is 409 g/mol. The molecule has 5 rings (SSSR count). The van der Waals surface area contributed by atoms with Crippen molar-refractivity contribution >= 4 is 22.6 Å². The Morgan fingerprint density at radius 2 is 1.90 bits per heavy atom. The van der Waals surface area contributed by atoms with E-state index in [9.17, 15) is 9.59 Å². The molecule has 3 heterocycles. The van der Waals surface area contributed by atoms with E-state index in [0.717, 1.165) is 12.8 Å². The lowest BCUT2D eigenvalue weighted by atomic mass is 9.76. The van der Waals surface area contributed by atoms with Crippen molar-refractivity contribution in [3.8, 4) is 0 Å². The highest BCUT2D eigenvalue weighted by Crippen LogP contribution is 2.43. The van der Waals surface area contributed by atoms with Gasteiger partial charge in [0.25, 0.3) is 5.56 Å². The second-order valence-electron chi connectivity index (χ2n) is 7.13. The number of aromatic nitrogens is 5. The number of pyridine rings is 1. The predicted molar refractivity (Wildman–Crippen MR) is 106 cm³/mol. The Hall–Kier alpha value is -3.26. The summed E-state index contributed by atoms with van der Waals surface area (Å²) in [6, 6.07) is 11.1. The number of nitrogens with zero attached hydrogens (tertiary/aromatic N) is 5. The second-order valence-corrected chi connectivity index (χ2v) is 7.57. The summed E-state index contributed by atoms with van der Waals surface area (Å²) in [5.74, 6) is 0.0317. The highest BCUT2D eigenvalue weighted by atomic mass is 35.5. The Balaban J connectivity index is 1.34. The van der Waals surface area contributed by atoms with Gasteiger partial charge in [-0.1, -0.05) is 23.7 Å². The van der Waals surface area contributed by atoms with Crippen LogP contribution in [0.5, 0.6) is 0 Å². The van der Waals surface area contributed by atoms with Gasteiger partial charge in [-0.15, -0.1) is 5.10 Å². The van der Waals surface area contributed by atoms with Gasteiger partial charge in [0.05, 0.1) is 11.4 Å². The van der Waals surface area contributed by atoms with Crippen LogP contribution in [0.2, 0.25) is 5.02 Å². The third kappa shape index (κ3) is 3.25. The van der Waals surface area contributed by atoms with E-state index in [2.05, 4.69) is 15.1 Å². The largest absolute Gasteiger partial charge is 0.437 e. The zero-order chi connectivity index (χ0) is 20.0. The van der Waals surface area contributed by atoms with Gasteiger partial charge >= 0.3 is 5.76 Å². The van der Waals surface area contributed by atoms with Crippen LogP contribution in [0, 0.1) is 0 Å². The fourth-order valence-corrected chi connectivity index (χ4v) is 3.80. The summed E-state index contributed by atoms with van der Waals surface area (Å²) in [4.78, 5) is 33.1. The van der Waals surface area contributed by atoms with Crippen LogP contribution in [0.4, 0.5) is 0 Å². The molecule has 0 aliphatic heterocycles. The molecule has 0 atom stereocenters. The molecule has 8 nitrogen and oxygen atoms in total. The normalized spacial score (nSPS) is 18.7. The Bertz CT molecular complexity index is 1300. The number of benzene rings is 1. The van der Waals surface area contributed by atoms with Crippen LogP contribution >= 0.6 is 11.6 Å². The summed E-state index contributed by atoms with van der Waals surface area (Å²) >= 11 is 5.94. The Kier molecular flexibility index (Phi) is 4.28. The smallest absolute Gasteiger partial charge is 0.390 e. The molecule has 0 spiro atoms. The maximum atomic E-state index is 12.6. The van der Waals surface area contributed by atoms with Gasteiger partial charge in [-0.3, -0.25) is 9.36 Å². The highest BCUT2D eigenvalue weighted by molar-refractivity contribution is 6.30. The Labute approximate surface area is 169 Å². The van der Waals surface area contributed by atoms with Gasteiger partial charge in [0.2, 0.25) is 5.89 Å². The fourth-order valence-electron chi connectivity index (χ4n) is 3.67. The molecule has 0 bridgehead atoms. The molecule has 3 aromatic heterocycles. The van der Waals surface area contributed by atoms with Crippen molar-refractivity contribution in [3.63, 3.8) is 0 Å². The summed E-state index contributed by atoms with van der Waals surface area (Å²) in [6.07, 6.45) is 4.57. The molecular weight excluding hydrogens is 394 g/mol. The van der Waals surface area contributed by atoms with Crippen molar-refractivity contribution in [2.75, 3.05) is 0 Å². The van der Waals surface area contributed by atoms with Crippen molar-refractivity contribution in [3.05, 3.63) is 86.3 Å². The van der Waals surface area contributed by atoms with E-state index in [1.165, 1.54) is 21.1 Å². The number of fused-ring (bicyclic) bond motifs is 1.